The minimum absolute atomic E-state index is 0.0421. The van der Waals surface area contributed by atoms with Crippen molar-refractivity contribution in [2.24, 2.45) is 0 Å². The lowest BCUT2D eigenvalue weighted by Gasteiger charge is -2.24. The molecule has 0 spiro atoms. The molecule has 30 heavy (non-hydrogen) atoms. The number of nitrogens with zero attached hydrogens (tertiary/aromatic N) is 2. The van der Waals surface area contributed by atoms with Crippen molar-refractivity contribution in [3.8, 4) is 17.1 Å². The highest BCUT2D eigenvalue weighted by Gasteiger charge is 2.20. The van der Waals surface area contributed by atoms with Crippen molar-refractivity contribution < 1.29 is 18.9 Å². The van der Waals surface area contributed by atoms with Gasteiger partial charge in [0.05, 0.1) is 38.2 Å². The Balaban J connectivity index is 1.45. The maximum atomic E-state index is 12.5. The Kier molecular flexibility index (Phi) is 7.15. The molecular weight excluding hydrogens is 384 g/mol. The highest BCUT2D eigenvalue weighted by molar-refractivity contribution is 5.67. The zero-order valence-electron chi connectivity index (χ0n) is 17.6. The number of benzene rings is 1. The average Bonchev–Trinajstić information content (AvgIpc) is 2.77. The molecule has 0 radical (unpaired) electrons. The highest BCUT2D eigenvalue weighted by Crippen LogP contribution is 2.30. The van der Waals surface area contributed by atoms with Gasteiger partial charge in [-0.1, -0.05) is 18.2 Å². The van der Waals surface area contributed by atoms with Gasteiger partial charge in [0.2, 0.25) is 5.88 Å². The minimum Gasteiger partial charge on any atom is -0.477 e. The summed E-state index contributed by atoms with van der Waals surface area (Å²) in [5.41, 5.74) is 4.34. The third-order valence-electron chi connectivity index (χ3n) is 5.68. The SMILES string of the molecule is COCCCCc1ccc2c(c1)CCn1c-2cc(OCC[C@@H]2COCCO2)nc1=O. The molecule has 0 aliphatic carbocycles. The van der Waals surface area contributed by atoms with Crippen LogP contribution in [0.3, 0.4) is 0 Å². The Morgan fingerprint density at radius 2 is 2.13 bits per heavy atom. The van der Waals surface area contributed by atoms with E-state index in [4.69, 9.17) is 18.9 Å². The Morgan fingerprint density at radius 1 is 1.20 bits per heavy atom. The van der Waals surface area contributed by atoms with Crippen molar-refractivity contribution in [2.75, 3.05) is 40.1 Å². The second kappa shape index (κ2) is 10.2. The van der Waals surface area contributed by atoms with Gasteiger partial charge in [-0.3, -0.25) is 4.57 Å². The summed E-state index contributed by atoms with van der Waals surface area (Å²) in [6, 6.07) is 8.45. The number of aryl methyl sites for hydroxylation is 2. The molecule has 7 heteroatoms. The predicted octanol–water partition coefficient (Wildman–Crippen LogP) is 2.62. The van der Waals surface area contributed by atoms with Gasteiger partial charge in [-0.25, -0.2) is 4.79 Å². The third-order valence-corrected chi connectivity index (χ3v) is 5.68. The molecule has 3 heterocycles. The molecule has 1 atom stereocenters. The quantitative estimate of drug-likeness (QED) is 0.588. The summed E-state index contributed by atoms with van der Waals surface area (Å²) >= 11 is 0. The molecule has 0 amide bonds. The lowest BCUT2D eigenvalue weighted by molar-refractivity contribution is -0.0936. The van der Waals surface area contributed by atoms with Gasteiger partial charge in [-0.2, -0.15) is 4.98 Å². The van der Waals surface area contributed by atoms with Gasteiger partial charge < -0.3 is 18.9 Å². The van der Waals surface area contributed by atoms with Gasteiger partial charge >= 0.3 is 5.69 Å². The molecule has 4 rings (SSSR count). The molecule has 2 aromatic rings. The van der Waals surface area contributed by atoms with Crippen LogP contribution in [-0.4, -0.2) is 55.8 Å². The average molecular weight is 415 g/mol. The van der Waals surface area contributed by atoms with Crippen molar-refractivity contribution in [2.45, 2.75) is 44.8 Å². The van der Waals surface area contributed by atoms with Crippen molar-refractivity contribution in [1.29, 1.82) is 0 Å². The van der Waals surface area contributed by atoms with E-state index in [0.717, 1.165) is 43.5 Å². The summed E-state index contributed by atoms with van der Waals surface area (Å²) in [5.74, 6) is 0.375. The van der Waals surface area contributed by atoms with Crippen molar-refractivity contribution in [3.63, 3.8) is 0 Å². The van der Waals surface area contributed by atoms with Crippen molar-refractivity contribution in [3.05, 3.63) is 45.9 Å². The number of ether oxygens (including phenoxy) is 4. The number of hydrogen-bond acceptors (Lipinski definition) is 6. The number of aromatic nitrogens is 2. The van der Waals surface area contributed by atoms with Crippen LogP contribution in [0.4, 0.5) is 0 Å². The summed E-state index contributed by atoms with van der Waals surface area (Å²) in [5, 5.41) is 0. The normalized spacial score (nSPS) is 18.0. The number of fused-ring (bicyclic) bond motifs is 3. The maximum Gasteiger partial charge on any atom is 0.351 e. The second-order valence-corrected chi connectivity index (χ2v) is 7.81. The van der Waals surface area contributed by atoms with Crippen LogP contribution in [0.2, 0.25) is 0 Å². The fourth-order valence-corrected chi connectivity index (χ4v) is 4.06. The summed E-state index contributed by atoms with van der Waals surface area (Å²) in [7, 11) is 1.74. The Hall–Kier alpha value is -2.22. The maximum absolute atomic E-state index is 12.5. The van der Waals surface area contributed by atoms with Gasteiger partial charge in [-0.15, -0.1) is 0 Å². The lowest BCUT2D eigenvalue weighted by Crippen LogP contribution is -2.30. The van der Waals surface area contributed by atoms with Gasteiger partial charge in [0.25, 0.3) is 0 Å². The van der Waals surface area contributed by atoms with Gasteiger partial charge in [0.1, 0.15) is 0 Å². The van der Waals surface area contributed by atoms with Crippen LogP contribution in [0, 0.1) is 0 Å². The highest BCUT2D eigenvalue weighted by atomic mass is 16.6. The van der Waals surface area contributed by atoms with Crippen LogP contribution in [-0.2, 0) is 33.6 Å². The van der Waals surface area contributed by atoms with E-state index in [1.165, 1.54) is 11.1 Å². The van der Waals surface area contributed by atoms with Crippen molar-refractivity contribution >= 4 is 0 Å². The van der Waals surface area contributed by atoms with Crippen LogP contribution in [0.5, 0.6) is 5.88 Å². The summed E-state index contributed by atoms with van der Waals surface area (Å²) in [6.45, 7) is 3.75. The molecule has 7 nitrogen and oxygen atoms in total. The molecule has 162 valence electrons. The van der Waals surface area contributed by atoms with E-state index >= 15 is 0 Å². The van der Waals surface area contributed by atoms with Gasteiger partial charge in [0.15, 0.2) is 0 Å². The minimum atomic E-state index is -0.256. The number of hydrogen-bond donors (Lipinski definition) is 0. The number of rotatable bonds is 9. The molecule has 2 aliphatic heterocycles. The monoisotopic (exact) mass is 414 g/mol. The lowest BCUT2D eigenvalue weighted by atomic mass is 9.94. The van der Waals surface area contributed by atoms with Gasteiger partial charge in [0, 0.05) is 38.3 Å². The van der Waals surface area contributed by atoms with E-state index in [-0.39, 0.29) is 11.8 Å². The molecule has 0 N–H and O–H groups in total. The van der Waals surface area contributed by atoms with Crippen LogP contribution >= 0.6 is 0 Å². The molecule has 0 bridgehead atoms. The first-order chi connectivity index (χ1) is 14.7. The predicted molar refractivity (Wildman–Crippen MR) is 113 cm³/mol. The van der Waals surface area contributed by atoms with E-state index in [2.05, 4.69) is 23.2 Å². The molecular formula is C23H30N2O5. The van der Waals surface area contributed by atoms with E-state index in [1.54, 1.807) is 11.7 Å². The summed E-state index contributed by atoms with van der Waals surface area (Å²) < 4.78 is 23.7. The van der Waals surface area contributed by atoms with E-state index in [9.17, 15) is 4.79 Å². The number of unbranched alkanes of at least 4 members (excludes halogenated alkanes) is 1. The zero-order chi connectivity index (χ0) is 20.8. The van der Waals surface area contributed by atoms with Crippen LogP contribution in [0.1, 0.15) is 30.4 Å². The zero-order valence-corrected chi connectivity index (χ0v) is 17.6. The van der Waals surface area contributed by atoms with Crippen LogP contribution in [0.15, 0.2) is 29.1 Å². The fourth-order valence-electron chi connectivity index (χ4n) is 4.06. The van der Waals surface area contributed by atoms with Gasteiger partial charge in [-0.05, 0) is 36.8 Å². The largest absolute Gasteiger partial charge is 0.477 e. The van der Waals surface area contributed by atoms with Crippen LogP contribution < -0.4 is 10.4 Å². The Bertz CT molecular complexity index is 905. The molecule has 1 saturated heterocycles. The van der Waals surface area contributed by atoms with E-state index in [1.807, 2.05) is 6.07 Å². The molecule has 2 aliphatic rings. The molecule has 1 fully saturated rings. The first-order valence-electron chi connectivity index (χ1n) is 10.8. The number of methoxy groups -OCH3 is 1. The molecule has 1 aromatic carbocycles. The molecule has 0 unspecified atom stereocenters. The van der Waals surface area contributed by atoms with Crippen molar-refractivity contribution in [1.82, 2.24) is 9.55 Å². The Morgan fingerprint density at radius 3 is 2.97 bits per heavy atom. The topological polar surface area (TPSA) is 71.8 Å². The van der Waals surface area contributed by atoms with E-state index in [0.29, 0.717) is 45.3 Å². The van der Waals surface area contributed by atoms with Crippen LogP contribution in [0.25, 0.3) is 11.3 Å². The standard InChI is InChI=1S/C23H30N2O5/c1-27-10-3-2-4-17-5-6-20-18(14-17)7-9-25-21(20)15-22(24-23(25)26)30-11-8-19-16-28-12-13-29-19/h5-6,14-15,19H,2-4,7-13,16H2,1H3/t19-/m1/s1. The smallest absolute Gasteiger partial charge is 0.351 e. The molecule has 1 aromatic heterocycles. The first-order valence-corrected chi connectivity index (χ1v) is 10.8. The molecule has 0 saturated carbocycles. The summed E-state index contributed by atoms with van der Waals surface area (Å²) in [6.07, 6.45) is 4.82. The summed E-state index contributed by atoms with van der Waals surface area (Å²) in [4.78, 5) is 16.7. The fraction of sp³-hybridized carbons (Fsp3) is 0.565. The third kappa shape index (κ3) is 5.09. The Labute approximate surface area is 176 Å². The second-order valence-electron chi connectivity index (χ2n) is 7.81. The first kappa shape index (κ1) is 21.0. The van der Waals surface area contributed by atoms with E-state index < -0.39 is 0 Å².